The van der Waals surface area contributed by atoms with Crippen molar-refractivity contribution in [1.82, 2.24) is 4.98 Å². The molecule has 0 unspecified atom stereocenters. The van der Waals surface area contributed by atoms with Crippen LogP contribution in [0.25, 0.3) is 0 Å². The lowest BCUT2D eigenvalue weighted by Gasteiger charge is -2.03. The summed E-state index contributed by atoms with van der Waals surface area (Å²) in [6.45, 7) is 4.04. The van der Waals surface area contributed by atoms with E-state index in [1.807, 2.05) is 19.2 Å². The van der Waals surface area contributed by atoms with Crippen molar-refractivity contribution >= 4 is 22.4 Å². The normalized spacial score (nSPS) is 10.7. The van der Waals surface area contributed by atoms with Crippen LogP contribution < -0.4 is 5.32 Å². The predicted molar refractivity (Wildman–Crippen MR) is 73.9 cm³/mol. The zero-order valence-electron chi connectivity index (χ0n) is 10.5. The Hall–Kier alpha value is -2.08. The fourth-order valence-electron chi connectivity index (χ4n) is 1.50. The highest BCUT2D eigenvalue weighted by Crippen LogP contribution is 2.24. The largest absolute Gasteiger partial charge is 0.508 e. The lowest BCUT2D eigenvalue weighted by Crippen LogP contribution is -2.11. The molecular weight excluding hydrogens is 264 g/mol. The molecule has 6 heteroatoms. The summed E-state index contributed by atoms with van der Waals surface area (Å²) in [6, 6.07) is 3.73. The van der Waals surface area contributed by atoms with Crippen molar-refractivity contribution in [3.63, 3.8) is 0 Å². The molecule has 0 atom stereocenters. The van der Waals surface area contributed by atoms with Crippen LogP contribution in [0.4, 0.5) is 5.13 Å². The van der Waals surface area contributed by atoms with Gasteiger partial charge in [-0.2, -0.15) is 0 Å². The second-order valence-electron chi connectivity index (χ2n) is 4.42. The molecule has 1 aromatic heterocycles. The second-order valence-corrected chi connectivity index (χ2v) is 5.28. The molecule has 0 bridgehead atoms. The van der Waals surface area contributed by atoms with Crippen LogP contribution in [0.5, 0.6) is 11.5 Å². The summed E-state index contributed by atoms with van der Waals surface area (Å²) < 4.78 is 0. The maximum absolute atomic E-state index is 11.9. The highest BCUT2D eigenvalue weighted by Gasteiger charge is 2.12. The number of thiazole rings is 1. The molecule has 1 amide bonds. The number of amides is 1. The Morgan fingerprint density at radius 3 is 2.42 bits per heavy atom. The van der Waals surface area contributed by atoms with Gasteiger partial charge in [0.15, 0.2) is 5.13 Å². The topological polar surface area (TPSA) is 82.5 Å². The van der Waals surface area contributed by atoms with Gasteiger partial charge in [-0.15, -0.1) is 11.3 Å². The van der Waals surface area contributed by atoms with Crippen LogP contribution in [-0.2, 0) is 0 Å². The number of hydrogen-bond donors (Lipinski definition) is 3. The smallest absolute Gasteiger partial charge is 0.257 e. The van der Waals surface area contributed by atoms with E-state index in [1.54, 1.807) is 0 Å². The van der Waals surface area contributed by atoms with E-state index in [1.165, 1.54) is 23.5 Å². The van der Waals surface area contributed by atoms with Gasteiger partial charge in [0, 0.05) is 17.0 Å². The third-order valence-corrected chi connectivity index (χ3v) is 3.27. The molecular formula is C13H14N2O3S. The fourth-order valence-corrected chi connectivity index (χ4v) is 2.37. The Bertz CT molecular complexity index is 587. The van der Waals surface area contributed by atoms with E-state index in [4.69, 9.17) is 0 Å². The minimum atomic E-state index is -0.421. The third kappa shape index (κ3) is 3.23. The minimum Gasteiger partial charge on any atom is -0.508 e. The summed E-state index contributed by atoms with van der Waals surface area (Å²) in [5.74, 6) is -0.443. The molecule has 0 aliphatic rings. The minimum absolute atomic E-state index is 0.160. The zero-order valence-corrected chi connectivity index (χ0v) is 11.4. The average molecular weight is 278 g/mol. The van der Waals surface area contributed by atoms with Crippen LogP contribution in [0.2, 0.25) is 0 Å². The van der Waals surface area contributed by atoms with Gasteiger partial charge < -0.3 is 10.2 Å². The van der Waals surface area contributed by atoms with Crippen molar-refractivity contribution in [2.75, 3.05) is 5.32 Å². The lowest BCUT2D eigenvalue weighted by atomic mass is 10.2. The number of aromatic nitrogens is 1. The number of rotatable bonds is 3. The average Bonchev–Trinajstić information content (AvgIpc) is 2.76. The Labute approximate surface area is 114 Å². The number of nitrogens with zero attached hydrogens (tertiary/aromatic N) is 1. The molecule has 2 aromatic rings. The monoisotopic (exact) mass is 278 g/mol. The number of phenols is 2. The summed E-state index contributed by atoms with van der Waals surface area (Å²) in [6.07, 6.45) is 0. The summed E-state index contributed by atoms with van der Waals surface area (Å²) in [4.78, 5) is 16.2. The first kappa shape index (κ1) is 13.4. The zero-order chi connectivity index (χ0) is 14.0. The summed E-state index contributed by atoms with van der Waals surface area (Å²) in [5, 5.41) is 23.7. The van der Waals surface area contributed by atoms with Crippen molar-refractivity contribution in [3.05, 3.63) is 34.8 Å². The van der Waals surface area contributed by atoms with E-state index in [0.29, 0.717) is 11.0 Å². The maximum Gasteiger partial charge on any atom is 0.257 e. The van der Waals surface area contributed by atoms with Gasteiger partial charge in [0.25, 0.3) is 5.91 Å². The molecule has 0 saturated heterocycles. The van der Waals surface area contributed by atoms with E-state index in [0.717, 1.165) is 11.8 Å². The van der Waals surface area contributed by atoms with E-state index >= 15 is 0 Å². The highest BCUT2D eigenvalue weighted by molar-refractivity contribution is 7.14. The maximum atomic E-state index is 11.9. The van der Waals surface area contributed by atoms with Gasteiger partial charge in [0.05, 0.1) is 5.69 Å². The van der Waals surface area contributed by atoms with Gasteiger partial charge >= 0.3 is 0 Å². The molecule has 3 N–H and O–H groups in total. The number of nitrogens with one attached hydrogen (secondary N) is 1. The first-order valence-corrected chi connectivity index (χ1v) is 6.63. The van der Waals surface area contributed by atoms with Crippen LogP contribution in [0.15, 0.2) is 23.6 Å². The summed E-state index contributed by atoms with van der Waals surface area (Å²) in [5.41, 5.74) is 1.10. The number of anilines is 1. The molecule has 5 nitrogen and oxygen atoms in total. The molecule has 2 rings (SSSR count). The quantitative estimate of drug-likeness (QED) is 0.806. The lowest BCUT2D eigenvalue weighted by molar-refractivity contribution is 0.102. The number of phenolic OH excluding ortho intramolecular Hbond substituents is 2. The van der Waals surface area contributed by atoms with Crippen LogP contribution in [0.3, 0.4) is 0 Å². The first-order valence-electron chi connectivity index (χ1n) is 5.75. The Morgan fingerprint density at radius 1 is 1.26 bits per heavy atom. The SMILES string of the molecule is CC(C)c1csc(NC(=O)c2cc(O)cc(O)c2)n1. The van der Waals surface area contributed by atoms with E-state index in [2.05, 4.69) is 10.3 Å². The predicted octanol–water partition coefficient (Wildman–Crippen LogP) is 2.93. The van der Waals surface area contributed by atoms with Crippen molar-refractivity contribution in [2.45, 2.75) is 19.8 Å². The van der Waals surface area contributed by atoms with Crippen molar-refractivity contribution in [1.29, 1.82) is 0 Å². The van der Waals surface area contributed by atoms with Crippen LogP contribution >= 0.6 is 11.3 Å². The Morgan fingerprint density at radius 2 is 1.89 bits per heavy atom. The molecule has 0 fully saturated rings. The number of benzene rings is 1. The van der Waals surface area contributed by atoms with Crippen molar-refractivity contribution in [3.8, 4) is 11.5 Å². The van der Waals surface area contributed by atoms with Gasteiger partial charge in [-0.1, -0.05) is 13.8 Å². The van der Waals surface area contributed by atoms with Gasteiger partial charge in [0.1, 0.15) is 11.5 Å². The van der Waals surface area contributed by atoms with E-state index in [9.17, 15) is 15.0 Å². The van der Waals surface area contributed by atoms with Crippen LogP contribution in [0, 0.1) is 0 Å². The van der Waals surface area contributed by atoms with Crippen LogP contribution in [0.1, 0.15) is 35.8 Å². The van der Waals surface area contributed by atoms with Gasteiger partial charge in [0.2, 0.25) is 0 Å². The molecule has 0 aliphatic carbocycles. The number of hydrogen-bond acceptors (Lipinski definition) is 5. The summed E-state index contributed by atoms with van der Waals surface area (Å²) >= 11 is 1.34. The molecule has 0 radical (unpaired) electrons. The number of carbonyl (C=O) groups excluding carboxylic acids is 1. The third-order valence-electron chi connectivity index (χ3n) is 2.50. The Kier molecular flexibility index (Phi) is 3.71. The fraction of sp³-hybridized carbons (Fsp3) is 0.231. The van der Waals surface area contributed by atoms with E-state index in [-0.39, 0.29) is 17.1 Å². The highest BCUT2D eigenvalue weighted by atomic mass is 32.1. The molecule has 100 valence electrons. The van der Waals surface area contributed by atoms with Gasteiger partial charge in [-0.05, 0) is 18.1 Å². The molecule has 1 heterocycles. The summed E-state index contributed by atoms with van der Waals surface area (Å²) in [7, 11) is 0. The Balaban J connectivity index is 2.15. The van der Waals surface area contributed by atoms with Crippen molar-refractivity contribution < 1.29 is 15.0 Å². The second kappa shape index (κ2) is 5.27. The van der Waals surface area contributed by atoms with Crippen LogP contribution in [-0.4, -0.2) is 21.1 Å². The molecule has 0 saturated carbocycles. The molecule has 0 aliphatic heterocycles. The van der Waals surface area contributed by atoms with Gasteiger partial charge in [-0.25, -0.2) is 4.98 Å². The van der Waals surface area contributed by atoms with Gasteiger partial charge in [-0.3, -0.25) is 10.1 Å². The molecule has 19 heavy (non-hydrogen) atoms. The standard InChI is InChI=1S/C13H14N2O3S/c1-7(2)11-6-19-13(14-11)15-12(18)8-3-9(16)5-10(17)4-8/h3-7,16-17H,1-2H3,(H,14,15,18). The molecule has 1 aromatic carbocycles. The van der Waals surface area contributed by atoms with E-state index < -0.39 is 5.91 Å². The first-order chi connectivity index (χ1) is 8.95. The number of carbonyl (C=O) groups is 1. The number of aromatic hydroxyl groups is 2. The van der Waals surface area contributed by atoms with Crippen molar-refractivity contribution in [2.24, 2.45) is 0 Å². The molecule has 0 spiro atoms.